The van der Waals surface area contributed by atoms with E-state index in [1.165, 1.54) is 6.33 Å². The Labute approximate surface area is 485 Å². The molecule has 0 bridgehead atoms. The Morgan fingerprint density at radius 2 is 1.35 bits per heavy atom. The lowest BCUT2D eigenvalue weighted by molar-refractivity contribution is -0.127. The van der Waals surface area contributed by atoms with E-state index in [9.17, 15) is 19.2 Å². The molecular weight excluding hydrogens is 1050 g/mol. The van der Waals surface area contributed by atoms with Gasteiger partial charge in [-0.2, -0.15) is 5.10 Å². The number of likely N-dealkylation sites (tertiary alicyclic amines) is 1. The first kappa shape index (κ1) is 59.8. The number of piperazine rings is 1. The number of nitrogen functional groups attached to an aromatic ring is 1. The summed E-state index contributed by atoms with van der Waals surface area (Å²) in [5.74, 6) is 1.45. The first-order valence-electron chi connectivity index (χ1n) is 28.9. The molecule has 438 valence electrons. The smallest absolute Gasteiger partial charge is 0.246 e. The molecule has 4 aromatic carbocycles. The molecule has 9 rings (SSSR count). The zero-order chi connectivity index (χ0) is 57.6. The molecule has 0 saturated carbocycles. The van der Waals surface area contributed by atoms with E-state index in [0.29, 0.717) is 120 Å². The van der Waals surface area contributed by atoms with Gasteiger partial charge in [0.05, 0.1) is 76.5 Å². The van der Waals surface area contributed by atoms with Crippen molar-refractivity contribution < 1.29 is 42.9 Å². The summed E-state index contributed by atoms with van der Waals surface area (Å²) in [6.45, 7) is 12.5. The normalized spacial score (nSPS) is 16.4. The number of ether oxygens (including phenoxy) is 5. The van der Waals surface area contributed by atoms with E-state index >= 15 is 0 Å². The van der Waals surface area contributed by atoms with Crippen molar-refractivity contribution in [3.63, 3.8) is 0 Å². The standard InChI is InChI=1S/C63H77N11O9/c1-47-43-49-11-6-8-17-55(49)73(44-50-12-5-7-16-54(47)50)59(78)24-23-56(75)66-27-36-80-38-40-82-42-41-81-39-37-79-35-25-57(76)65-26-30-71-33-31-70(32-34-71)28-10-18-58(77)72-29-9-13-51(45-72)74-63-60(62(64)67-46-68-63)61(69-74)48-19-21-53(22-20-48)83-52-14-3-2-4-15-52/h2-8,10-12,14-22,43,46,51H,9,13,23-42,44-45H2,1H3,(H,65,76)(H,66,75)(H2,64,67,68)/b18-10+,47-43-/t51-/m1/s1. The van der Waals surface area contributed by atoms with Crippen molar-refractivity contribution in [3.05, 3.63) is 138 Å². The summed E-state index contributed by atoms with van der Waals surface area (Å²) in [6.07, 6.45) is 9.37. The van der Waals surface area contributed by atoms with E-state index in [1.807, 2.05) is 113 Å². The number of anilines is 2. The summed E-state index contributed by atoms with van der Waals surface area (Å²) in [7, 11) is 0. The molecule has 4 amide bonds. The van der Waals surface area contributed by atoms with Crippen molar-refractivity contribution in [2.45, 2.75) is 51.6 Å². The number of allylic oxidation sites excluding steroid dienone is 1. The lowest BCUT2D eigenvalue weighted by atomic mass is 9.95. The third kappa shape index (κ3) is 17.4. The molecule has 6 aromatic rings. The van der Waals surface area contributed by atoms with Crippen LogP contribution in [0.5, 0.6) is 11.5 Å². The molecule has 0 aliphatic carbocycles. The lowest BCUT2D eigenvalue weighted by Crippen LogP contribution is -2.48. The molecule has 0 spiro atoms. The third-order valence-corrected chi connectivity index (χ3v) is 14.9. The Bertz CT molecular complexity index is 3150. The fourth-order valence-electron chi connectivity index (χ4n) is 10.5. The van der Waals surface area contributed by atoms with Gasteiger partial charge in [-0.1, -0.05) is 66.7 Å². The number of carbonyl (C=O) groups is 4. The summed E-state index contributed by atoms with van der Waals surface area (Å²) >= 11 is 0. The second-order valence-electron chi connectivity index (χ2n) is 20.7. The Hall–Kier alpha value is -7.85. The third-order valence-electron chi connectivity index (χ3n) is 14.9. The number of para-hydroxylation sites is 2. The topological polar surface area (TPSA) is 221 Å². The summed E-state index contributed by atoms with van der Waals surface area (Å²) in [4.78, 5) is 69.3. The number of carbonyl (C=O) groups excluding carboxylic acids is 4. The SMILES string of the molecule is C/C1=C/c2ccccc2N(C(=O)CCC(=O)NCCOCCOCCOCCOCCC(=O)NCCN2CCN(C/C=C/C(=O)N3CCC[C@@H](n4nc(-c5ccc(Oc6ccccc6)cc5)c5c(N)ncnc54)C3)CC2)Cc2ccccc21. The minimum Gasteiger partial charge on any atom is -0.457 e. The van der Waals surface area contributed by atoms with Gasteiger partial charge in [0, 0.05) is 96.3 Å². The predicted octanol–water partition coefficient (Wildman–Crippen LogP) is 6.78. The number of nitrogens with two attached hydrogens (primary N) is 1. The van der Waals surface area contributed by atoms with Crippen LogP contribution < -0.4 is 26.0 Å². The maximum atomic E-state index is 13.5. The summed E-state index contributed by atoms with van der Waals surface area (Å²) in [5, 5.41) is 11.6. The average Bonchev–Trinajstić information content (AvgIpc) is 4.06. The van der Waals surface area contributed by atoms with Crippen molar-refractivity contribution in [3.8, 4) is 22.8 Å². The fraction of sp³-hybridized carbons (Fsp3) is 0.413. The summed E-state index contributed by atoms with van der Waals surface area (Å²) in [6, 6.07) is 33.2. The fourth-order valence-corrected chi connectivity index (χ4v) is 10.5. The van der Waals surface area contributed by atoms with Gasteiger partial charge < -0.3 is 49.9 Å². The lowest BCUT2D eigenvalue weighted by Gasteiger charge is -2.34. The van der Waals surface area contributed by atoms with Crippen LogP contribution in [0, 0.1) is 0 Å². The molecular formula is C63H77N11O9. The minimum atomic E-state index is -0.199. The molecule has 83 heavy (non-hydrogen) atoms. The highest BCUT2D eigenvalue weighted by atomic mass is 16.6. The number of aromatic nitrogens is 4. The van der Waals surface area contributed by atoms with Crippen LogP contribution in [0.25, 0.3) is 33.9 Å². The van der Waals surface area contributed by atoms with Gasteiger partial charge in [0.2, 0.25) is 23.6 Å². The molecule has 4 N–H and O–H groups in total. The van der Waals surface area contributed by atoms with Gasteiger partial charge in [-0.25, -0.2) is 14.6 Å². The number of rotatable bonds is 28. The second-order valence-corrected chi connectivity index (χ2v) is 20.7. The Morgan fingerprint density at radius 3 is 2.13 bits per heavy atom. The molecule has 1 atom stereocenters. The maximum absolute atomic E-state index is 13.5. The van der Waals surface area contributed by atoms with Crippen LogP contribution in [0.15, 0.2) is 122 Å². The number of piperidine rings is 1. The van der Waals surface area contributed by atoms with Gasteiger partial charge >= 0.3 is 0 Å². The number of amides is 4. The van der Waals surface area contributed by atoms with Gasteiger partial charge in [-0.15, -0.1) is 0 Å². The van der Waals surface area contributed by atoms with Crippen LogP contribution in [-0.2, 0) is 44.7 Å². The van der Waals surface area contributed by atoms with Gasteiger partial charge in [0.1, 0.15) is 29.3 Å². The van der Waals surface area contributed by atoms with Crippen LogP contribution in [0.1, 0.15) is 61.8 Å². The highest BCUT2D eigenvalue weighted by molar-refractivity contribution is 6.00. The van der Waals surface area contributed by atoms with E-state index in [4.69, 9.17) is 34.5 Å². The van der Waals surface area contributed by atoms with E-state index in [2.05, 4.69) is 49.5 Å². The second kappa shape index (κ2) is 31.0. The molecule has 20 nitrogen and oxygen atoms in total. The Kier molecular flexibility index (Phi) is 22.3. The first-order valence-corrected chi connectivity index (χ1v) is 28.9. The number of nitrogens with one attached hydrogen (secondary N) is 2. The van der Waals surface area contributed by atoms with Crippen molar-refractivity contribution in [2.75, 3.05) is 129 Å². The number of nitrogens with zero attached hydrogens (tertiary/aromatic N) is 8. The zero-order valence-corrected chi connectivity index (χ0v) is 47.5. The van der Waals surface area contributed by atoms with E-state index < -0.39 is 0 Å². The minimum absolute atomic E-state index is 0.0167. The van der Waals surface area contributed by atoms with Crippen molar-refractivity contribution in [2.24, 2.45) is 0 Å². The zero-order valence-electron chi connectivity index (χ0n) is 47.5. The molecule has 2 fully saturated rings. The first-order chi connectivity index (χ1) is 40.7. The van der Waals surface area contributed by atoms with Crippen LogP contribution in [0.4, 0.5) is 11.5 Å². The average molecular weight is 1130 g/mol. The van der Waals surface area contributed by atoms with Crippen LogP contribution in [0.3, 0.4) is 0 Å². The predicted molar refractivity (Wildman–Crippen MR) is 319 cm³/mol. The molecule has 2 saturated heterocycles. The van der Waals surface area contributed by atoms with Gasteiger partial charge in [-0.05, 0) is 90.6 Å². The van der Waals surface area contributed by atoms with Gasteiger partial charge in [0.25, 0.3) is 0 Å². The molecule has 3 aliphatic heterocycles. The summed E-state index contributed by atoms with van der Waals surface area (Å²) in [5.41, 5.74) is 13.8. The molecule has 0 radical (unpaired) electrons. The van der Waals surface area contributed by atoms with Gasteiger partial charge in [0.15, 0.2) is 5.65 Å². The molecule has 20 heteroatoms. The maximum Gasteiger partial charge on any atom is 0.246 e. The molecule has 3 aliphatic rings. The molecule has 5 heterocycles. The van der Waals surface area contributed by atoms with E-state index in [0.717, 1.165) is 84.8 Å². The quantitative estimate of drug-likeness (QED) is 0.0340. The number of fused-ring (bicyclic) bond motifs is 3. The van der Waals surface area contributed by atoms with E-state index in [1.54, 1.807) is 11.0 Å². The number of hydrogen-bond acceptors (Lipinski definition) is 15. The van der Waals surface area contributed by atoms with E-state index in [-0.39, 0.29) is 48.9 Å². The van der Waals surface area contributed by atoms with Crippen molar-refractivity contribution in [1.29, 1.82) is 0 Å². The number of benzene rings is 4. The molecule has 2 aromatic heterocycles. The highest BCUT2D eigenvalue weighted by Gasteiger charge is 2.29. The Balaban J connectivity index is 0.557. The largest absolute Gasteiger partial charge is 0.457 e. The Morgan fingerprint density at radius 1 is 0.687 bits per heavy atom. The van der Waals surface area contributed by atoms with Crippen LogP contribution >= 0.6 is 0 Å². The highest BCUT2D eigenvalue weighted by Crippen LogP contribution is 2.36. The van der Waals surface area contributed by atoms with Crippen LogP contribution in [0.2, 0.25) is 0 Å². The number of hydrogen-bond donors (Lipinski definition) is 3. The monoisotopic (exact) mass is 1130 g/mol. The van der Waals surface area contributed by atoms with Crippen molar-refractivity contribution >= 4 is 57.8 Å². The molecule has 0 unspecified atom stereocenters. The van der Waals surface area contributed by atoms with Crippen LogP contribution in [-0.4, -0.2) is 176 Å². The van der Waals surface area contributed by atoms with Crippen molar-refractivity contribution in [1.82, 2.24) is 45.1 Å². The van der Waals surface area contributed by atoms with Gasteiger partial charge in [-0.3, -0.25) is 29.0 Å². The summed E-state index contributed by atoms with van der Waals surface area (Å²) < 4.78 is 30.3.